The maximum absolute atomic E-state index is 10.4. The molecule has 0 saturated heterocycles. The molecule has 4 nitrogen and oxygen atoms in total. The summed E-state index contributed by atoms with van der Waals surface area (Å²) in [6.45, 7) is 6.49. The third kappa shape index (κ3) is 2.85. The molecule has 1 aromatic heterocycles. The zero-order valence-corrected chi connectivity index (χ0v) is 12.4. The topological polar surface area (TPSA) is 71.2 Å². The molecule has 0 spiro atoms. The van der Waals surface area contributed by atoms with Crippen LogP contribution in [0.4, 0.5) is 11.4 Å². The number of aromatic nitrogens is 1. The number of hydrogen-bond donors (Lipinski definition) is 3. The highest BCUT2D eigenvalue weighted by molar-refractivity contribution is 6.00. The highest BCUT2D eigenvalue weighted by atomic mass is 16.3. The molecule has 0 aliphatic carbocycles. The van der Waals surface area contributed by atoms with Crippen LogP contribution in [0.2, 0.25) is 0 Å². The zero-order valence-electron chi connectivity index (χ0n) is 12.4. The van der Waals surface area contributed by atoms with Crippen molar-refractivity contribution in [2.45, 2.75) is 39.2 Å². The number of nitrogen functional groups attached to an aromatic ring is 1. The van der Waals surface area contributed by atoms with Gasteiger partial charge in [-0.05, 0) is 38.0 Å². The van der Waals surface area contributed by atoms with Gasteiger partial charge in [0, 0.05) is 40.6 Å². The van der Waals surface area contributed by atoms with E-state index in [2.05, 4.69) is 10.3 Å². The Morgan fingerprint density at radius 1 is 1.25 bits per heavy atom. The number of benzene rings is 1. The standard InChI is InChI=1S/C16H23N3O/c1-4-16(20,5-2)10-19-15-7-6-14(17)13-9-18-11(3)8-12(13)15/h6-9,19-20H,4-5,10,17H2,1-3H3. The van der Waals surface area contributed by atoms with E-state index in [0.717, 1.165) is 40.7 Å². The molecule has 2 aromatic rings. The van der Waals surface area contributed by atoms with E-state index >= 15 is 0 Å². The van der Waals surface area contributed by atoms with Gasteiger partial charge in [-0.15, -0.1) is 0 Å². The average Bonchev–Trinajstić information content (AvgIpc) is 2.46. The van der Waals surface area contributed by atoms with E-state index in [-0.39, 0.29) is 0 Å². The largest absolute Gasteiger partial charge is 0.398 e. The summed E-state index contributed by atoms with van der Waals surface area (Å²) in [5.74, 6) is 0. The second kappa shape index (κ2) is 5.67. The Labute approximate surface area is 120 Å². The van der Waals surface area contributed by atoms with Crippen molar-refractivity contribution in [3.8, 4) is 0 Å². The number of nitrogens with zero attached hydrogens (tertiary/aromatic N) is 1. The van der Waals surface area contributed by atoms with Crippen molar-refractivity contribution in [2.75, 3.05) is 17.6 Å². The van der Waals surface area contributed by atoms with Crippen LogP contribution >= 0.6 is 0 Å². The van der Waals surface area contributed by atoms with Crippen molar-refractivity contribution in [2.24, 2.45) is 0 Å². The second-order valence-corrected chi connectivity index (χ2v) is 5.36. The van der Waals surface area contributed by atoms with Crippen molar-refractivity contribution in [3.05, 3.63) is 30.1 Å². The van der Waals surface area contributed by atoms with Gasteiger partial charge >= 0.3 is 0 Å². The first-order valence-electron chi connectivity index (χ1n) is 7.10. The van der Waals surface area contributed by atoms with Crippen LogP contribution in [-0.4, -0.2) is 22.2 Å². The van der Waals surface area contributed by atoms with Gasteiger partial charge in [0.2, 0.25) is 0 Å². The zero-order chi connectivity index (χ0) is 14.8. The molecule has 108 valence electrons. The number of rotatable bonds is 5. The van der Waals surface area contributed by atoms with Crippen molar-refractivity contribution in [1.29, 1.82) is 0 Å². The lowest BCUT2D eigenvalue weighted by molar-refractivity contribution is 0.0457. The van der Waals surface area contributed by atoms with Gasteiger partial charge in [0.25, 0.3) is 0 Å². The Morgan fingerprint density at radius 2 is 1.95 bits per heavy atom. The molecule has 0 aliphatic heterocycles. The Bertz CT molecular complexity index is 606. The second-order valence-electron chi connectivity index (χ2n) is 5.36. The van der Waals surface area contributed by atoms with Gasteiger partial charge in [0.1, 0.15) is 0 Å². The number of nitrogens with two attached hydrogens (primary N) is 1. The van der Waals surface area contributed by atoms with E-state index < -0.39 is 5.60 Å². The molecule has 20 heavy (non-hydrogen) atoms. The highest BCUT2D eigenvalue weighted by Gasteiger charge is 2.21. The molecule has 0 saturated carbocycles. The molecule has 1 heterocycles. The third-order valence-corrected chi connectivity index (χ3v) is 4.00. The molecule has 0 radical (unpaired) electrons. The van der Waals surface area contributed by atoms with Gasteiger partial charge in [0.15, 0.2) is 0 Å². The van der Waals surface area contributed by atoms with Crippen LogP contribution in [0.5, 0.6) is 0 Å². The maximum atomic E-state index is 10.4. The summed E-state index contributed by atoms with van der Waals surface area (Å²) in [6, 6.07) is 5.85. The number of hydrogen-bond acceptors (Lipinski definition) is 4. The fraction of sp³-hybridized carbons (Fsp3) is 0.438. The summed E-state index contributed by atoms with van der Waals surface area (Å²) in [7, 11) is 0. The fourth-order valence-corrected chi connectivity index (χ4v) is 2.28. The molecule has 0 fully saturated rings. The van der Waals surface area contributed by atoms with E-state index in [9.17, 15) is 5.11 Å². The monoisotopic (exact) mass is 273 g/mol. The molecule has 0 aliphatic rings. The molecule has 4 N–H and O–H groups in total. The first kappa shape index (κ1) is 14.6. The summed E-state index contributed by atoms with van der Waals surface area (Å²) in [6.07, 6.45) is 3.25. The third-order valence-electron chi connectivity index (χ3n) is 4.00. The van der Waals surface area contributed by atoms with Crippen LogP contribution in [0.3, 0.4) is 0 Å². The Balaban J connectivity index is 2.35. The van der Waals surface area contributed by atoms with E-state index in [4.69, 9.17) is 5.73 Å². The van der Waals surface area contributed by atoms with Gasteiger partial charge in [0.05, 0.1) is 5.60 Å². The summed E-state index contributed by atoms with van der Waals surface area (Å²) in [4.78, 5) is 4.29. The molecule has 0 unspecified atom stereocenters. The minimum absolute atomic E-state index is 0.528. The number of nitrogens with one attached hydrogen (secondary N) is 1. The van der Waals surface area contributed by atoms with Crippen molar-refractivity contribution < 1.29 is 5.11 Å². The minimum atomic E-state index is -0.671. The van der Waals surface area contributed by atoms with Crippen molar-refractivity contribution in [3.63, 3.8) is 0 Å². The quantitative estimate of drug-likeness (QED) is 0.732. The molecular weight excluding hydrogens is 250 g/mol. The summed E-state index contributed by atoms with van der Waals surface area (Å²) >= 11 is 0. The van der Waals surface area contributed by atoms with Gasteiger partial charge in [-0.3, -0.25) is 4.98 Å². The molecule has 4 heteroatoms. The predicted octanol–water partition coefficient (Wildman–Crippen LogP) is 3.09. The predicted molar refractivity (Wildman–Crippen MR) is 84.9 cm³/mol. The number of fused-ring (bicyclic) bond motifs is 1. The molecular formula is C16H23N3O. The fourth-order valence-electron chi connectivity index (χ4n) is 2.28. The van der Waals surface area contributed by atoms with Gasteiger partial charge in [-0.2, -0.15) is 0 Å². The number of aryl methyl sites for hydroxylation is 1. The summed E-state index contributed by atoms with van der Waals surface area (Å²) in [5.41, 5.74) is 7.98. The van der Waals surface area contributed by atoms with Crippen LogP contribution in [-0.2, 0) is 0 Å². The SMILES string of the molecule is CCC(O)(CC)CNc1ccc(N)c2cnc(C)cc12. The molecule has 0 bridgehead atoms. The molecule has 1 aromatic carbocycles. The van der Waals surface area contributed by atoms with Gasteiger partial charge < -0.3 is 16.2 Å². The number of anilines is 2. The lowest BCUT2D eigenvalue weighted by Crippen LogP contribution is -2.35. The summed E-state index contributed by atoms with van der Waals surface area (Å²) in [5, 5.41) is 15.7. The van der Waals surface area contributed by atoms with Gasteiger partial charge in [-0.1, -0.05) is 13.8 Å². The normalized spacial score (nSPS) is 11.8. The van der Waals surface area contributed by atoms with E-state index in [0.29, 0.717) is 6.54 Å². The molecule has 0 atom stereocenters. The van der Waals surface area contributed by atoms with Crippen molar-refractivity contribution >= 4 is 22.1 Å². The van der Waals surface area contributed by atoms with Crippen molar-refractivity contribution in [1.82, 2.24) is 4.98 Å². The van der Waals surface area contributed by atoms with Crippen LogP contribution in [0.15, 0.2) is 24.4 Å². The Kier molecular flexibility index (Phi) is 4.14. The van der Waals surface area contributed by atoms with E-state index in [1.54, 1.807) is 6.20 Å². The number of aliphatic hydroxyl groups is 1. The summed E-state index contributed by atoms with van der Waals surface area (Å²) < 4.78 is 0. The number of pyridine rings is 1. The van der Waals surface area contributed by atoms with Crippen LogP contribution in [0.25, 0.3) is 10.8 Å². The molecule has 0 amide bonds. The first-order chi connectivity index (χ1) is 9.49. The van der Waals surface area contributed by atoms with Crippen LogP contribution in [0, 0.1) is 6.92 Å². The van der Waals surface area contributed by atoms with Gasteiger partial charge in [-0.25, -0.2) is 0 Å². The lowest BCUT2D eigenvalue weighted by Gasteiger charge is -2.26. The van der Waals surface area contributed by atoms with Crippen LogP contribution in [0.1, 0.15) is 32.4 Å². The van der Waals surface area contributed by atoms with E-state index in [1.165, 1.54) is 0 Å². The van der Waals surface area contributed by atoms with E-state index in [1.807, 2.05) is 39.0 Å². The average molecular weight is 273 g/mol. The Morgan fingerprint density at radius 3 is 2.60 bits per heavy atom. The smallest absolute Gasteiger partial charge is 0.0814 e. The minimum Gasteiger partial charge on any atom is -0.398 e. The Hall–Kier alpha value is -1.81. The molecule has 2 rings (SSSR count). The maximum Gasteiger partial charge on any atom is 0.0814 e. The van der Waals surface area contributed by atoms with Crippen LogP contribution < -0.4 is 11.1 Å². The lowest BCUT2D eigenvalue weighted by atomic mass is 9.97. The highest BCUT2D eigenvalue weighted by Crippen LogP contribution is 2.29. The first-order valence-corrected chi connectivity index (χ1v) is 7.10.